The van der Waals surface area contributed by atoms with Crippen molar-refractivity contribution in [3.05, 3.63) is 29.7 Å². The van der Waals surface area contributed by atoms with Crippen molar-refractivity contribution in [2.75, 3.05) is 13.7 Å². The van der Waals surface area contributed by atoms with Crippen LogP contribution in [0.5, 0.6) is 0 Å². The Balaban J connectivity index is 2.36. The molecule has 0 spiro atoms. The van der Waals surface area contributed by atoms with Crippen LogP contribution < -0.4 is 0 Å². The predicted octanol–water partition coefficient (Wildman–Crippen LogP) is 1.23. The van der Waals surface area contributed by atoms with Crippen molar-refractivity contribution in [1.29, 1.82) is 0 Å². The van der Waals surface area contributed by atoms with Gasteiger partial charge < -0.3 is 4.74 Å². The van der Waals surface area contributed by atoms with Crippen molar-refractivity contribution in [3.63, 3.8) is 0 Å². The molecule has 2 aromatic heterocycles. The van der Waals surface area contributed by atoms with Crippen molar-refractivity contribution in [2.45, 2.75) is 13.3 Å². The zero-order chi connectivity index (χ0) is 9.97. The van der Waals surface area contributed by atoms with E-state index in [1.165, 1.54) is 0 Å². The second-order valence-electron chi connectivity index (χ2n) is 3.23. The Morgan fingerprint density at radius 1 is 1.50 bits per heavy atom. The standard InChI is InChI=1S/C10H13N3O/c1-8-4-3-6-13-10(8)11-9(12-13)5-7-14-2/h3-4,6H,5,7H2,1-2H3. The SMILES string of the molecule is COCCc1nc2c(C)cccn2n1. The summed E-state index contributed by atoms with van der Waals surface area (Å²) in [6.07, 6.45) is 2.67. The number of ether oxygens (including phenoxy) is 1. The van der Waals surface area contributed by atoms with E-state index < -0.39 is 0 Å². The summed E-state index contributed by atoms with van der Waals surface area (Å²) in [7, 11) is 1.68. The topological polar surface area (TPSA) is 39.4 Å². The van der Waals surface area contributed by atoms with Crippen molar-refractivity contribution in [3.8, 4) is 0 Å². The van der Waals surface area contributed by atoms with Gasteiger partial charge in [-0.05, 0) is 18.6 Å². The molecule has 0 bridgehead atoms. The van der Waals surface area contributed by atoms with Gasteiger partial charge in [-0.25, -0.2) is 9.50 Å². The maximum atomic E-state index is 4.98. The van der Waals surface area contributed by atoms with Crippen molar-refractivity contribution in [2.24, 2.45) is 0 Å². The maximum Gasteiger partial charge on any atom is 0.158 e. The minimum absolute atomic E-state index is 0.663. The van der Waals surface area contributed by atoms with E-state index in [0.29, 0.717) is 6.61 Å². The second-order valence-corrected chi connectivity index (χ2v) is 3.23. The molecule has 0 saturated heterocycles. The van der Waals surface area contributed by atoms with E-state index in [2.05, 4.69) is 10.1 Å². The molecule has 0 fully saturated rings. The molecule has 0 aliphatic rings. The Morgan fingerprint density at radius 2 is 2.36 bits per heavy atom. The summed E-state index contributed by atoms with van der Waals surface area (Å²) in [5.41, 5.74) is 2.07. The van der Waals surface area contributed by atoms with Crippen molar-refractivity contribution in [1.82, 2.24) is 14.6 Å². The molecule has 0 radical (unpaired) electrons. The molecular weight excluding hydrogens is 178 g/mol. The van der Waals surface area contributed by atoms with E-state index in [0.717, 1.165) is 23.5 Å². The van der Waals surface area contributed by atoms with Gasteiger partial charge in [0, 0.05) is 19.7 Å². The van der Waals surface area contributed by atoms with Crippen LogP contribution in [0.3, 0.4) is 0 Å². The zero-order valence-corrected chi connectivity index (χ0v) is 8.40. The van der Waals surface area contributed by atoms with Crippen LogP contribution in [0, 0.1) is 6.92 Å². The number of pyridine rings is 1. The Morgan fingerprint density at radius 3 is 3.07 bits per heavy atom. The van der Waals surface area contributed by atoms with Gasteiger partial charge in [0.05, 0.1) is 6.61 Å². The van der Waals surface area contributed by atoms with E-state index >= 15 is 0 Å². The number of methoxy groups -OCH3 is 1. The largest absolute Gasteiger partial charge is 0.384 e. The second kappa shape index (κ2) is 3.75. The smallest absolute Gasteiger partial charge is 0.158 e. The minimum atomic E-state index is 0.663. The van der Waals surface area contributed by atoms with Gasteiger partial charge in [0.15, 0.2) is 11.5 Å². The van der Waals surface area contributed by atoms with Gasteiger partial charge in [0.1, 0.15) is 0 Å². The lowest BCUT2D eigenvalue weighted by Crippen LogP contribution is -1.96. The van der Waals surface area contributed by atoms with Crippen LogP contribution in [0.15, 0.2) is 18.3 Å². The first-order chi connectivity index (χ1) is 6.81. The first-order valence-electron chi connectivity index (χ1n) is 4.61. The van der Waals surface area contributed by atoms with Gasteiger partial charge in [-0.1, -0.05) is 6.07 Å². The number of aryl methyl sites for hydroxylation is 1. The third kappa shape index (κ3) is 1.61. The number of hydrogen-bond donors (Lipinski definition) is 0. The van der Waals surface area contributed by atoms with Crippen LogP contribution in [0.4, 0.5) is 0 Å². The molecule has 0 N–H and O–H groups in total. The highest BCUT2D eigenvalue weighted by atomic mass is 16.5. The van der Waals surface area contributed by atoms with Gasteiger partial charge >= 0.3 is 0 Å². The molecule has 2 heterocycles. The van der Waals surface area contributed by atoms with E-state index in [1.807, 2.05) is 25.3 Å². The molecule has 0 aromatic carbocycles. The summed E-state index contributed by atoms with van der Waals surface area (Å²) in [4.78, 5) is 4.42. The average Bonchev–Trinajstić information content (AvgIpc) is 2.59. The first-order valence-corrected chi connectivity index (χ1v) is 4.61. The number of nitrogens with zero attached hydrogens (tertiary/aromatic N) is 3. The third-order valence-corrected chi connectivity index (χ3v) is 2.13. The van der Waals surface area contributed by atoms with Gasteiger partial charge in [0.2, 0.25) is 0 Å². The van der Waals surface area contributed by atoms with Gasteiger partial charge in [-0.15, -0.1) is 0 Å². The summed E-state index contributed by atoms with van der Waals surface area (Å²) < 4.78 is 6.79. The van der Waals surface area contributed by atoms with Crippen LogP contribution in [-0.4, -0.2) is 28.3 Å². The lowest BCUT2D eigenvalue weighted by Gasteiger charge is -1.92. The van der Waals surface area contributed by atoms with Gasteiger partial charge in [-0.3, -0.25) is 0 Å². The average molecular weight is 191 g/mol. The Labute approximate surface area is 82.5 Å². The van der Waals surface area contributed by atoms with Crippen LogP contribution in [0.25, 0.3) is 5.65 Å². The van der Waals surface area contributed by atoms with E-state index in [4.69, 9.17) is 4.74 Å². The number of rotatable bonds is 3. The monoisotopic (exact) mass is 191 g/mol. The fraction of sp³-hybridized carbons (Fsp3) is 0.400. The molecule has 0 aliphatic heterocycles. The molecule has 4 nitrogen and oxygen atoms in total. The van der Waals surface area contributed by atoms with Crippen molar-refractivity contribution < 1.29 is 4.74 Å². The molecule has 0 saturated carbocycles. The third-order valence-electron chi connectivity index (χ3n) is 2.13. The molecule has 0 amide bonds. The zero-order valence-electron chi connectivity index (χ0n) is 8.40. The number of hydrogen-bond acceptors (Lipinski definition) is 3. The van der Waals surface area contributed by atoms with Crippen LogP contribution in [0.2, 0.25) is 0 Å². The van der Waals surface area contributed by atoms with Crippen LogP contribution >= 0.6 is 0 Å². The molecule has 4 heteroatoms. The van der Waals surface area contributed by atoms with Gasteiger partial charge in [0.25, 0.3) is 0 Å². The van der Waals surface area contributed by atoms with Crippen LogP contribution in [0.1, 0.15) is 11.4 Å². The first kappa shape index (κ1) is 9.15. The molecule has 74 valence electrons. The molecule has 0 unspecified atom stereocenters. The summed E-state index contributed by atoms with van der Waals surface area (Å²) in [5.74, 6) is 0.834. The van der Waals surface area contributed by atoms with E-state index in [1.54, 1.807) is 11.6 Å². The molecule has 2 rings (SSSR count). The van der Waals surface area contributed by atoms with Crippen molar-refractivity contribution >= 4 is 5.65 Å². The number of fused-ring (bicyclic) bond motifs is 1. The maximum absolute atomic E-state index is 4.98. The molecule has 2 aromatic rings. The fourth-order valence-electron chi connectivity index (χ4n) is 1.38. The summed E-state index contributed by atoms with van der Waals surface area (Å²) in [5, 5.41) is 4.34. The molecule has 0 aliphatic carbocycles. The highest BCUT2D eigenvalue weighted by Crippen LogP contribution is 2.07. The Kier molecular flexibility index (Phi) is 2.45. The molecule has 14 heavy (non-hydrogen) atoms. The van der Waals surface area contributed by atoms with Gasteiger partial charge in [-0.2, -0.15) is 5.10 Å². The summed E-state index contributed by atoms with van der Waals surface area (Å²) >= 11 is 0. The van der Waals surface area contributed by atoms with E-state index in [9.17, 15) is 0 Å². The predicted molar refractivity (Wildman–Crippen MR) is 53.3 cm³/mol. The number of aromatic nitrogens is 3. The van der Waals surface area contributed by atoms with E-state index in [-0.39, 0.29) is 0 Å². The molecular formula is C10H13N3O. The summed E-state index contributed by atoms with van der Waals surface area (Å²) in [6, 6.07) is 4.00. The lowest BCUT2D eigenvalue weighted by molar-refractivity contribution is 0.200. The normalized spacial score (nSPS) is 11.0. The highest BCUT2D eigenvalue weighted by Gasteiger charge is 2.04. The Hall–Kier alpha value is -1.42. The van der Waals surface area contributed by atoms with Crippen LogP contribution in [-0.2, 0) is 11.2 Å². The minimum Gasteiger partial charge on any atom is -0.384 e. The molecule has 0 atom stereocenters. The fourth-order valence-corrected chi connectivity index (χ4v) is 1.38. The quantitative estimate of drug-likeness (QED) is 0.732. The summed E-state index contributed by atoms with van der Waals surface area (Å²) in [6.45, 7) is 2.69. The Bertz CT molecular complexity index is 436. The lowest BCUT2D eigenvalue weighted by atomic mass is 10.3. The highest BCUT2D eigenvalue weighted by molar-refractivity contribution is 5.45.